The number of nitrogens with zero attached hydrogens (tertiary/aromatic N) is 1. The van der Waals surface area contributed by atoms with Crippen LogP contribution in [0.25, 0.3) is 0 Å². The highest BCUT2D eigenvalue weighted by atomic mass is 16.4. The van der Waals surface area contributed by atoms with Gasteiger partial charge in [-0.1, -0.05) is 0 Å². The van der Waals surface area contributed by atoms with E-state index < -0.39 is 5.97 Å². The number of nitrogens with one attached hydrogen (secondary N) is 1. The number of aliphatic hydroxyl groups excluding tert-OH is 1. The van der Waals surface area contributed by atoms with Gasteiger partial charge in [0.1, 0.15) is 0 Å². The Balaban J connectivity index is 2.09. The Morgan fingerprint density at radius 1 is 1.33 bits per heavy atom. The fraction of sp³-hybridized carbons (Fsp3) is 0.467. The summed E-state index contributed by atoms with van der Waals surface area (Å²) < 4.78 is 0. The van der Waals surface area contributed by atoms with Crippen molar-refractivity contribution < 1.29 is 19.8 Å². The number of carbonyl (C=O) groups is 2. The molecular formula is C15H20N2O4. The molecule has 1 aliphatic rings. The molecule has 3 N–H and O–H groups in total. The van der Waals surface area contributed by atoms with E-state index in [4.69, 9.17) is 10.2 Å². The summed E-state index contributed by atoms with van der Waals surface area (Å²) in [6.45, 7) is 1.97. The Morgan fingerprint density at radius 2 is 1.95 bits per heavy atom. The van der Waals surface area contributed by atoms with E-state index in [1.807, 2.05) is 6.92 Å². The van der Waals surface area contributed by atoms with Crippen LogP contribution < -0.4 is 10.2 Å². The predicted octanol–water partition coefficient (Wildman–Crippen LogP) is 1.69. The first-order chi connectivity index (χ1) is 10.0. The number of benzene rings is 1. The smallest absolute Gasteiger partial charge is 0.335 e. The van der Waals surface area contributed by atoms with E-state index in [0.717, 1.165) is 12.8 Å². The van der Waals surface area contributed by atoms with Gasteiger partial charge in [0.15, 0.2) is 0 Å². The van der Waals surface area contributed by atoms with Gasteiger partial charge in [0.2, 0.25) is 0 Å². The van der Waals surface area contributed by atoms with Gasteiger partial charge in [-0.2, -0.15) is 0 Å². The molecule has 1 fully saturated rings. The van der Waals surface area contributed by atoms with Gasteiger partial charge in [0.05, 0.1) is 18.7 Å². The van der Waals surface area contributed by atoms with E-state index in [0.29, 0.717) is 11.6 Å². The predicted molar refractivity (Wildman–Crippen MR) is 78.6 cm³/mol. The molecule has 0 aliphatic heterocycles. The second-order valence-corrected chi connectivity index (χ2v) is 5.30. The lowest BCUT2D eigenvalue weighted by Crippen LogP contribution is -2.46. The molecule has 6 nitrogen and oxygen atoms in total. The minimum absolute atomic E-state index is 0.108. The zero-order valence-corrected chi connectivity index (χ0v) is 12.0. The van der Waals surface area contributed by atoms with Crippen LogP contribution in [-0.2, 0) is 0 Å². The fourth-order valence-electron chi connectivity index (χ4n) is 2.22. The van der Waals surface area contributed by atoms with Gasteiger partial charge >= 0.3 is 12.0 Å². The van der Waals surface area contributed by atoms with Crippen molar-refractivity contribution in [3.05, 3.63) is 29.8 Å². The molecule has 0 aromatic heterocycles. The Hall–Kier alpha value is -2.08. The molecule has 21 heavy (non-hydrogen) atoms. The van der Waals surface area contributed by atoms with Crippen LogP contribution in [-0.4, -0.2) is 41.4 Å². The number of hydrogen-bond acceptors (Lipinski definition) is 3. The molecule has 1 saturated carbocycles. The van der Waals surface area contributed by atoms with Crippen molar-refractivity contribution in [2.45, 2.75) is 25.8 Å². The zero-order chi connectivity index (χ0) is 15.4. The van der Waals surface area contributed by atoms with Crippen LogP contribution in [0.2, 0.25) is 0 Å². The number of anilines is 1. The third kappa shape index (κ3) is 3.95. The maximum Gasteiger partial charge on any atom is 0.335 e. The van der Waals surface area contributed by atoms with Crippen molar-refractivity contribution in [1.29, 1.82) is 0 Å². The van der Waals surface area contributed by atoms with Gasteiger partial charge in [-0.3, -0.25) is 4.90 Å². The lowest BCUT2D eigenvalue weighted by atomic mass is 10.2. The van der Waals surface area contributed by atoms with Crippen LogP contribution >= 0.6 is 0 Å². The molecule has 2 rings (SSSR count). The summed E-state index contributed by atoms with van der Waals surface area (Å²) in [7, 11) is 0. The van der Waals surface area contributed by atoms with Gasteiger partial charge in [-0.25, -0.2) is 9.59 Å². The number of aromatic carboxylic acids is 1. The average molecular weight is 292 g/mol. The first-order valence-corrected chi connectivity index (χ1v) is 7.05. The number of urea groups is 1. The topological polar surface area (TPSA) is 89.9 Å². The van der Waals surface area contributed by atoms with Crippen LogP contribution in [0.3, 0.4) is 0 Å². The van der Waals surface area contributed by atoms with Crippen molar-refractivity contribution >= 4 is 17.7 Å². The number of rotatable bonds is 6. The molecule has 1 aliphatic carbocycles. The summed E-state index contributed by atoms with van der Waals surface area (Å²) in [5.74, 6) is -0.471. The first-order valence-electron chi connectivity index (χ1n) is 7.05. The summed E-state index contributed by atoms with van der Waals surface area (Å²) in [6, 6.07) is 5.86. The van der Waals surface area contributed by atoms with E-state index in [1.54, 1.807) is 12.1 Å². The highest BCUT2D eigenvalue weighted by molar-refractivity contribution is 5.93. The minimum Gasteiger partial charge on any atom is -0.478 e. The van der Waals surface area contributed by atoms with E-state index >= 15 is 0 Å². The third-order valence-corrected chi connectivity index (χ3v) is 3.67. The summed E-state index contributed by atoms with van der Waals surface area (Å²) in [6.07, 6.45) is 2.27. The van der Waals surface area contributed by atoms with Crippen molar-refractivity contribution in [2.24, 2.45) is 5.92 Å². The highest BCUT2D eigenvalue weighted by Gasteiger charge is 2.30. The summed E-state index contributed by atoms with van der Waals surface area (Å²) in [4.78, 5) is 24.5. The highest BCUT2D eigenvalue weighted by Crippen LogP contribution is 2.32. The fourth-order valence-corrected chi connectivity index (χ4v) is 2.22. The maximum atomic E-state index is 12.3. The summed E-state index contributed by atoms with van der Waals surface area (Å²) >= 11 is 0. The summed E-state index contributed by atoms with van der Waals surface area (Å²) in [5.41, 5.74) is 0.726. The van der Waals surface area contributed by atoms with Crippen LogP contribution in [0.5, 0.6) is 0 Å². The minimum atomic E-state index is -1.01. The first kappa shape index (κ1) is 15.3. The zero-order valence-electron chi connectivity index (χ0n) is 12.0. The molecule has 1 aromatic carbocycles. The van der Waals surface area contributed by atoms with Crippen molar-refractivity contribution in [3.8, 4) is 0 Å². The lowest BCUT2D eigenvalue weighted by molar-refractivity contribution is 0.0697. The van der Waals surface area contributed by atoms with Gasteiger partial charge in [-0.05, 0) is 49.9 Å². The molecule has 114 valence electrons. The van der Waals surface area contributed by atoms with Crippen molar-refractivity contribution in [1.82, 2.24) is 5.32 Å². The van der Waals surface area contributed by atoms with Crippen LogP contribution in [0.15, 0.2) is 24.3 Å². The molecule has 0 saturated heterocycles. The van der Waals surface area contributed by atoms with Crippen LogP contribution in [0, 0.1) is 5.92 Å². The van der Waals surface area contributed by atoms with E-state index in [9.17, 15) is 9.59 Å². The monoisotopic (exact) mass is 292 g/mol. The Bertz CT molecular complexity index is 511. The van der Waals surface area contributed by atoms with Crippen LogP contribution in [0.1, 0.15) is 30.1 Å². The number of carboxylic acid groups (broad SMARTS) is 1. The lowest BCUT2D eigenvalue weighted by Gasteiger charge is -2.24. The number of amides is 2. The van der Waals surface area contributed by atoms with Crippen molar-refractivity contribution in [2.75, 3.05) is 18.1 Å². The molecule has 0 spiro atoms. The van der Waals surface area contributed by atoms with Crippen molar-refractivity contribution in [3.63, 3.8) is 0 Å². The van der Waals surface area contributed by atoms with Gasteiger partial charge in [0.25, 0.3) is 0 Å². The molecular weight excluding hydrogens is 272 g/mol. The number of aliphatic hydroxyl groups is 1. The molecule has 0 bridgehead atoms. The maximum absolute atomic E-state index is 12.3. The Morgan fingerprint density at radius 3 is 2.43 bits per heavy atom. The quantitative estimate of drug-likeness (QED) is 0.744. The molecule has 0 radical (unpaired) electrons. The second-order valence-electron chi connectivity index (χ2n) is 5.30. The normalized spacial score (nSPS) is 15.3. The number of hydrogen-bond donors (Lipinski definition) is 3. The Kier molecular flexibility index (Phi) is 4.80. The standard InChI is InChI=1S/C15H20N2O4/c1-10(11-2-3-11)16-15(21)17(8-9-18)13-6-4-12(5-7-13)14(19)20/h4-7,10-11,18H,2-3,8-9H2,1H3,(H,16,21)(H,19,20). The molecule has 1 unspecified atom stereocenters. The van der Waals surface area contributed by atoms with Gasteiger partial charge in [0, 0.05) is 11.7 Å². The molecule has 1 aromatic rings. The van der Waals surface area contributed by atoms with E-state index in [-0.39, 0.29) is 30.8 Å². The largest absolute Gasteiger partial charge is 0.478 e. The summed E-state index contributed by atoms with van der Waals surface area (Å²) in [5, 5.41) is 20.9. The molecule has 1 atom stereocenters. The molecule has 6 heteroatoms. The van der Waals surface area contributed by atoms with Gasteiger partial charge < -0.3 is 15.5 Å². The number of carboxylic acids is 1. The molecule has 0 heterocycles. The molecule has 2 amide bonds. The SMILES string of the molecule is CC(NC(=O)N(CCO)c1ccc(C(=O)O)cc1)C1CC1. The van der Waals surface area contributed by atoms with Gasteiger partial charge in [-0.15, -0.1) is 0 Å². The average Bonchev–Trinajstić information content (AvgIpc) is 3.29. The number of carbonyl (C=O) groups excluding carboxylic acids is 1. The van der Waals surface area contributed by atoms with E-state index in [2.05, 4.69) is 5.32 Å². The van der Waals surface area contributed by atoms with E-state index in [1.165, 1.54) is 17.0 Å². The van der Waals surface area contributed by atoms with Crippen LogP contribution in [0.4, 0.5) is 10.5 Å². The Labute approximate surface area is 123 Å². The third-order valence-electron chi connectivity index (χ3n) is 3.67. The second kappa shape index (κ2) is 6.58.